The number of pyridine rings is 1. The topological polar surface area (TPSA) is 68.7 Å². The maximum Gasteiger partial charge on any atom is 0.354 e. The Balaban J connectivity index is 2.29. The molecule has 0 fully saturated rings. The standard InChI is InChI=1S/C11H15NO4/c1-15-6-2-3-7-16-9-4-5-10(11(13)14)12-8-9/h4-5,8H,2-3,6-7H2,1H3,(H,13,14). The van der Waals surface area contributed by atoms with Crippen LogP contribution in [0, 0.1) is 0 Å². The van der Waals surface area contributed by atoms with E-state index >= 15 is 0 Å². The summed E-state index contributed by atoms with van der Waals surface area (Å²) < 4.78 is 10.3. The fraction of sp³-hybridized carbons (Fsp3) is 0.455. The summed E-state index contributed by atoms with van der Waals surface area (Å²) in [6.07, 6.45) is 3.26. The van der Waals surface area contributed by atoms with Crippen molar-refractivity contribution >= 4 is 5.97 Å². The van der Waals surface area contributed by atoms with E-state index in [0.29, 0.717) is 12.4 Å². The van der Waals surface area contributed by atoms with Crippen LogP contribution in [0.1, 0.15) is 23.3 Å². The number of rotatable bonds is 7. The Morgan fingerprint density at radius 2 is 2.12 bits per heavy atom. The molecule has 1 N–H and O–H groups in total. The average Bonchev–Trinajstić information content (AvgIpc) is 2.29. The summed E-state index contributed by atoms with van der Waals surface area (Å²) in [5.74, 6) is -0.450. The first kappa shape index (κ1) is 12.4. The second kappa shape index (κ2) is 6.79. The van der Waals surface area contributed by atoms with Gasteiger partial charge in [0.05, 0.1) is 12.8 Å². The molecule has 88 valence electrons. The number of aromatic nitrogens is 1. The highest BCUT2D eigenvalue weighted by molar-refractivity contribution is 5.85. The fourth-order valence-corrected chi connectivity index (χ4v) is 1.13. The number of carboxylic acid groups (broad SMARTS) is 1. The summed E-state index contributed by atoms with van der Waals surface area (Å²) in [7, 11) is 1.66. The van der Waals surface area contributed by atoms with Gasteiger partial charge < -0.3 is 14.6 Å². The molecule has 1 aromatic heterocycles. The summed E-state index contributed by atoms with van der Waals surface area (Å²) in [6.45, 7) is 1.30. The minimum absolute atomic E-state index is 0.0201. The summed E-state index contributed by atoms with van der Waals surface area (Å²) >= 11 is 0. The Kier molecular flexibility index (Phi) is 5.28. The van der Waals surface area contributed by atoms with Crippen molar-refractivity contribution in [1.82, 2.24) is 4.98 Å². The van der Waals surface area contributed by atoms with E-state index in [1.54, 1.807) is 13.2 Å². The van der Waals surface area contributed by atoms with Crippen LogP contribution in [0.25, 0.3) is 0 Å². The van der Waals surface area contributed by atoms with Crippen molar-refractivity contribution in [2.45, 2.75) is 12.8 Å². The Bertz CT molecular complexity index is 323. The highest BCUT2D eigenvalue weighted by Crippen LogP contribution is 2.09. The lowest BCUT2D eigenvalue weighted by molar-refractivity contribution is 0.0690. The maximum absolute atomic E-state index is 10.5. The van der Waals surface area contributed by atoms with Gasteiger partial charge in [0.25, 0.3) is 0 Å². The van der Waals surface area contributed by atoms with Gasteiger partial charge in [0.1, 0.15) is 11.4 Å². The number of nitrogens with zero attached hydrogens (tertiary/aromatic N) is 1. The largest absolute Gasteiger partial charge is 0.492 e. The SMILES string of the molecule is COCCCCOc1ccc(C(=O)O)nc1. The number of methoxy groups -OCH3 is 1. The van der Waals surface area contributed by atoms with Crippen LogP contribution in [0.15, 0.2) is 18.3 Å². The summed E-state index contributed by atoms with van der Waals surface area (Å²) in [5, 5.41) is 8.63. The predicted octanol–water partition coefficient (Wildman–Crippen LogP) is 1.59. The van der Waals surface area contributed by atoms with Gasteiger partial charge in [0.2, 0.25) is 0 Å². The molecular formula is C11H15NO4. The molecular weight excluding hydrogens is 210 g/mol. The molecule has 1 rings (SSSR count). The van der Waals surface area contributed by atoms with Crippen LogP contribution >= 0.6 is 0 Å². The van der Waals surface area contributed by atoms with Crippen LogP contribution < -0.4 is 4.74 Å². The monoisotopic (exact) mass is 225 g/mol. The van der Waals surface area contributed by atoms with Crippen LogP contribution in [-0.4, -0.2) is 36.4 Å². The summed E-state index contributed by atoms with van der Waals surface area (Å²) in [6, 6.07) is 3.03. The van der Waals surface area contributed by atoms with Crippen molar-refractivity contribution in [3.63, 3.8) is 0 Å². The van der Waals surface area contributed by atoms with Gasteiger partial charge in [-0.3, -0.25) is 0 Å². The van der Waals surface area contributed by atoms with Gasteiger partial charge >= 0.3 is 5.97 Å². The van der Waals surface area contributed by atoms with Crippen LogP contribution in [0.5, 0.6) is 5.75 Å². The number of carbonyl (C=O) groups is 1. The number of unbranched alkanes of at least 4 members (excludes halogenated alkanes) is 1. The Labute approximate surface area is 94.0 Å². The highest BCUT2D eigenvalue weighted by Gasteiger charge is 2.03. The molecule has 0 aliphatic heterocycles. The number of aromatic carboxylic acids is 1. The van der Waals surface area contributed by atoms with Crippen molar-refractivity contribution in [1.29, 1.82) is 0 Å². The lowest BCUT2D eigenvalue weighted by atomic mass is 10.3. The summed E-state index contributed by atoms with van der Waals surface area (Å²) in [4.78, 5) is 14.3. The minimum Gasteiger partial charge on any atom is -0.492 e. The molecule has 16 heavy (non-hydrogen) atoms. The van der Waals surface area contributed by atoms with Crippen molar-refractivity contribution in [3.05, 3.63) is 24.0 Å². The molecule has 0 saturated carbocycles. The van der Waals surface area contributed by atoms with E-state index in [0.717, 1.165) is 19.4 Å². The number of hydrogen-bond donors (Lipinski definition) is 1. The highest BCUT2D eigenvalue weighted by atomic mass is 16.5. The smallest absolute Gasteiger partial charge is 0.354 e. The van der Waals surface area contributed by atoms with E-state index in [2.05, 4.69) is 4.98 Å². The zero-order chi connectivity index (χ0) is 11.8. The molecule has 0 aliphatic rings. The van der Waals surface area contributed by atoms with Gasteiger partial charge in [-0.05, 0) is 25.0 Å². The first-order valence-electron chi connectivity index (χ1n) is 5.05. The van der Waals surface area contributed by atoms with E-state index in [-0.39, 0.29) is 5.69 Å². The van der Waals surface area contributed by atoms with Gasteiger partial charge in [-0.15, -0.1) is 0 Å². The Morgan fingerprint density at radius 3 is 2.69 bits per heavy atom. The van der Waals surface area contributed by atoms with Crippen LogP contribution in [-0.2, 0) is 4.74 Å². The molecule has 0 radical (unpaired) electrons. The molecule has 0 aromatic carbocycles. The van der Waals surface area contributed by atoms with Crippen LogP contribution in [0.3, 0.4) is 0 Å². The molecule has 0 aliphatic carbocycles. The van der Waals surface area contributed by atoms with Crippen molar-refractivity contribution < 1.29 is 19.4 Å². The fourth-order valence-electron chi connectivity index (χ4n) is 1.13. The maximum atomic E-state index is 10.5. The third-order valence-electron chi connectivity index (χ3n) is 1.97. The van der Waals surface area contributed by atoms with Gasteiger partial charge in [-0.2, -0.15) is 0 Å². The van der Waals surface area contributed by atoms with E-state index in [1.165, 1.54) is 12.3 Å². The van der Waals surface area contributed by atoms with Gasteiger partial charge in [0, 0.05) is 13.7 Å². The Morgan fingerprint density at radius 1 is 1.38 bits per heavy atom. The molecule has 5 heteroatoms. The van der Waals surface area contributed by atoms with E-state index < -0.39 is 5.97 Å². The third-order valence-corrected chi connectivity index (χ3v) is 1.97. The lowest BCUT2D eigenvalue weighted by Crippen LogP contribution is -2.02. The first-order valence-corrected chi connectivity index (χ1v) is 5.05. The molecule has 0 spiro atoms. The molecule has 0 amide bonds. The third kappa shape index (κ3) is 4.27. The Hall–Kier alpha value is -1.62. The number of carboxylic acids is 1. The van der Waals surface area contributed by atoms with Crippen LogP contribution in [0.2, 0.25) is 0 Å². The average molecular weight is 225 g/mol. The molecule has 0 bridgehead atoms. The number of hydrogen-bond acceptors (Lipinski definition) is 4. The first-order chi connectivity index (χ1) is 7.74. The minimum atomic E-state index is -1.04. The quantitative estimate of drug-likeness (QED) is 0.713. The van der Waals surface area contributed by atoms with Crippen molar-refractivity contribution in [2.24, 2.45) is 0 Å². The second-order valence-electron chi connectivity index (χ2n) is 3.23. The van der Waals surface area contributed by atoms with E-state index in [9.17, 15) is 4.79 Å². The molecule has 0 atom stereocenters. The summed E-state index contributed by atoms with van der Waals surface area (Å²) in [5.41, 5.74) is 0.0201. The lowest BCUT2D eigenvalue weighted by Gasteiger charge is -2.05. The van der Waals surface area contributed by atoms with Crippen LogP contribution in [0.4, 0.5) is 0 Å². The molecule has 1 heterocycles. The van der Waals surface area contributed by atoms with E-state index in [1.807, 2.05) is 0 Å². The zero-order valence-corrected chi connectivity index (χ0v) is 9.18. The molecule has 0 saturated heterocycles. The number of ether oxygens (including phenoxy) is 2. The zero-order valence-electron chi connectivity index (χ0n) is 9.18. The molecule has 1 aromatic rings. The second-order valence-corrected chi connectivity index (χ2v) is 3.23. The van der Waals surface area contributed by atoms with Gasteiger partial charge in [-0.25, -0.2) is 9.78 Å². The predicted molar refractivity (Wildman–Crippen MR) is 57.8 cm³/mol. The normalized spacial score (nSPS) is 10.1. The van der Waals surface area contributed by atoms with Crippen molar-refractivity contribution in [3.8, 4) is 5.75 Å². The van der Waals surface area contributed by atoms with E-state index in [4.69, 9.17) is 14.6 Å². The van der Waals surface area contributed by atoms with Gasteiger partial charge in [0.15, 0.2) is 0 Å². The van der Waals surface area contributed by atoms with Crippen molar-refractivity contribution in [2.75, 3.05) is 20.3 Å². The molecule has 5 nitrogen and oxygen atoms in total. The van der Waals surface area contributed by atoms with Gasteiger partial charge in [-0.1, -0.05) is 0 Å². The molecule has 0 unspecified atom stereocenters.